The molecule has 3 aromatic rings. The SMILES string of the molecule is CCCCOC(=O)/C(C)=C(\CC)c1ccc2cc(O)ccc2c1CCc1ccc(OCCN2CCCCC2)cc1. The molecule has 0 atom stereocenters. The maximum absolute atomic E-state index is 12.9. The molecule has 0 saturated carbocycles. The third-order valence-corrected chi connectivity index (χ3v) is 8.00. The second-order valence-electron chi connectivity index (χ2n) is 10.8. The van der Waals surface area contributed by atoms with Crippen molar-refractivity contribution in [3.05, 3.63) is 76.9 Å². The minimum Gasteiger partial charge on any atom is -0.508 e. The fraction of sp³-hybridized carbons (Fsp3) is 0.457. The number of unbranched alkanes of at least 4 members (excludes halogenated alkanes) is 1. The van der Waals surface area contributed by atoms with Gasteiger partial charge in [-0.2, -0.15) is 0 Å². The molecule has 0 spiro atoms. The molecular formula is C35H45NO4. The van der Waals surface area contributed by atoms with Crippen LogP contribution < -0.4 is 4.74 Å². The van der Waals surface area contributed by atoms with E-state index in [0.717, 1.165) is 72.9 Å². The number of carbonyl (C=O) groups is 1. The van der Waals surface area contributed by atoms with Gasteiger partial charge in [0.1, 0.15) is 18.1 Å². The largest absolute Gasteiger partial charge is 0.508 e. The van der Waals surface area contributed by atoms with Crippen molar-refractivity contribution in [1.29, 1.82) is 0 Å². The van der Waals surface area contributed by atoms with Crippen LogP contribution in [0.15, 0.2) is 60.2 Å². The lowest BCUT2D eigenvalue weighted by molar-refractivity contribution is -0.139. The van der Waals surface area contributed by atoms with Gasteiger partial charge in [0.25, 0.3) is 0 Å². The van der Waals surface area contributed by atoms with E-state index in [9.17, 15) is 9.90 Å². The van der Waals surface area contributed by atoms with Crippen LogP contribution in [0.1, 0.15) is 76.0 Å². The third kappa shape index (κ3) is 7.88. The number of nitrogens with zero attached hydrogens (tertiary/aromatic N) is 1. The number of ether oxygens (including phenoxy) is 2. The normalized spacial score (nSPS) is 14.7. The molecule has 1 saturated heterocycles. The Morgan fingerprint density at radius 2 is 1.70 bits per heavy atom. The highest BCUT2D eigenvalue weighted by Crippen LogP contribution is 2.34. The summed E-state index contributed by atoms with van der Waals surface area (Å²) >= 11 is 0. The van der Waals surface area contributed by atoms with Gasteiger partial charge in [-0.15, -0.1) is 0 Å². The molecule has 0 unspecified atom stereocenters. The first-order chi connectivity index (χ1) is 19.5. The Morgan fingerprint density at radius 1 is 0.925 bits per heavy atom. The highest BCUT2D eigenvalue weighted by atomic mass is 16.5. The first kappa shape index (κ1) is 29.7. The lowest BCUT2D eigenvalue weighted by atomic mass is 9.87. The first-order valence-electron chi connectivity index (χ1n) is 15.1. The van der Waals surface area contributed by atoms with E-state index < -0.39 is 0 Å². The van der Waals surface area contributed by atoms with Gasteiger partial charge < -0.3 is 14.6 Å². The Balaban J connectivity index is 1.51. The molecule has 1 aliphatic heterocycles. The van der Waals surface area contributed by atoms with Crippen molar-refractivity contribution in [2.24, 2.45) is 0 Å². The zero-order valence-electron chi connectivity index (χ0n) is 24.5. The molecule has 0 aromatic heterocycles. The topological polar surface area (TPSA) is 59.0 Å². The monoisotopic (exact) mass is 543 g/mol. The maximum atomic E-state index is 12.9. The van der Waals surface area contributed by atoms with Crippen molar-refractivity contribution in [3.63, 3.8) is 0 Å². The first-order valence-corrected chi connectivity index (χ1v) is 15.1. The molecule has 1 heterocycles. The van der Waals surface area contributed by atoms with Gasteiger partial charge in [0.2, 0.25) is 0 Å². The van der Waals surface area contributed by atoms with Crippen molar-refractivity contribution >= 4 is 22.3 Å². The number of carbonyl (C=O) groups excluding carboxylic acids is 1. The van der Waals surface area contributed by atoms with Crippen LogP contribution in [0.25, 0.3) is 16.3 Å². The number of rotatable bonds is 13. The number of piperidine rings is 1. The van der Waals surface area contributed by atoms with Gasteiger partial charge in [-0.25, -0.2) is 4.79 Å². The van der Waals surface area contributed by atoms with Gasteiger partial charge in [0.15, 0.2) is 0 Å². The van der Waals surface area contributed by atoms with E-state index in [0.29, 0.717) is 12.2 Å². The van der Waals surface area contributed by atoms with Gasteiger partial charge in [-0.1, -0.05) is 57.0 Å². The molecule has 3 aromatic carbocycles. The lowest BCUT2D eigenvalue weighted by Crippen LogP contribution is -2.33. The quantitative estimate of drug-likeness (QED) is 0.136. The second-order valence-corrected chi connectivity index (χ2v) is 10.8. The Kier molecular flexibility index (Phi) is 11.1. The summed E-state index contributed by atoms with van der Waals surface area (Å²) in [6.07, 6.45) is 8.21. The molecule has 0 amide bonds. The number of fused-ring (bicyclic) bond motifs is 1. The number of hydrogen-bond donors (Lipinski definition) is 1. The summed E-state index contributed by atoms with van der Waals surface area (Å²) in [5.74, 6) is 0.928. The van der Waals surface area contributed by atoms with Crippen LogP contribution in [-0.4, -0.2) is 48.8 Å². The lowest BCUT2D eigenvalue weighted by Gasteiger charge is -2.26. The van der Waals surface area contributed by atoms with Crippen molar-refractivity contribution in [2.45, 2.75) is 72.1 Å². The Hall–Kier alpha value is -3.31. The zero-order valence-corrected chi connectivity index (χ0v) is 24.5. The van der Waals surface area contributed by atoms with Gasteiger partial charge in [-0.05, 0) is 116 Å². The van der Waals surface area contributed by atoms with Crippen LogP contribution in [0, 0.1) is 0 Å². The number of aryl methyl sites for hydroxylation is 2. The molecule has 1 fully saturated rings. The van der Waals surface area contributed by atoms with E-state index in [1.807, 2.05) is 19.1 Å². The molecule has 0 aliphatic carbocycles. The van der Waals surface area contributed by atoms with E-state index in [1.165, 1.54) is 43.5 Å². The van der Waals surface area contributed by atoms with E-state index >= 15 is 0 Å². The van der Waals surface area contributed by atoms with Crippen LogP contribution >= 0.6 is 0 Å². The van der Waals surface area contributed by atoms with Crippen LogP contribution in [0.2, 0.25) is 0 Å². The highest BCUT2D eigenvalue weighted by Gasteiger charge is 2.18. The number of aromatic hydroxyl groups is 1. The van der Waals surface area contributed by atoms with Gasteiger partial charge in [0.05, 0.1) is 6.61 Å². The van der Waals surface area contributed by atoms with Crippen LogP contribution in [-0.2, 0) is 22.4 Å². The summed E-state index contributed by atoms with van der Waals surface area (Å²) in [5, 5.41) is 12.2. The summed E-state index contributed by atoms with van der Waals surface area (Å²) in [4.78, 5) is 15.4. The smallest absolute Gasteiger partial charge is 0.334 e. The van der Waals surface area contributed by atoms with Crippen molar-refractivity contribution in [2.75, 3.05) is 32.8 Å². The van der Waals surface area contributed by atoms with E-state index in [2.05, 4.69) is 49.1 Å². The number of hydrogen-bond acceptors (Lipinski definition) is 5. The van der Waals surface area contributed by atoms with Crippen molar-refractivity contribution in [1.82, 2.24) is 4.90 Å². The average molecular weight is 544 g/mol. The number of likely N-dealkylation sites (tertiary alicyclic amines) is 1. The molecule has 5 nitrogen and oxygen atoms in total. The molecule has 0 bridgehead atoms. The number of phenols is 1. The minimum atomic E-state index is -0.238. The fourth-order valence-electron chi connectivity index (χ4n) is 5.63. The average Bonchev–Trinajstić information content (AvgIpc) is 2.98. The molecule has 1 N–H and O–H groups in total. The van der Waals surface area contributed by atoms with Crippen molar-refractivity contribution in [3.8, 4) is 11.5 Å². The predicted octanol–water partition coefficient (Wildman–Crippen LogP) is 7.72. The van der Waals surface area contributed by atoms with Gasteiger partial charge in [-0.3, -0.25) is 4.90 Å². The number of benzene rings is 3. The maximum Gasteiger partial charge on any atom is 0.334 e. The van der Waals surface area contributed by atoms with Crippen LogP contribution in [0.5, 0.6) is 11.5 Å². The zero-order chi connectivity index (χ0) is 28.3. The van der Waals surface area contributed by atoms with Gasteiger partial charge >= 0.3 is 5.97 Å². The fourth-order valence-corrected chi connectivity index (χ4v) is 5.63. The van der Waals surface area contributed by atoms with Gasteiger partial charge in [0, 0.05) is 12.1 Å². The third-order valence-electron chi connectivity index (χ3n) is 8.00. The number of phenolic OH excluding ortho intramolecular Hbond substituents is 1. The van der Waals surface area contributed by atoms with Crippen LogP contribution in [0.3, 0.4) is 0 Å². The summed E-state index contributed by atoms with van der Waals surface area (Å²) in [6, 6.07) is 18.1. The molecule has 0 radical (unpaired) electrons. The van der Waals surface area contributed by atoms with E-state index in [1.54, 1.807) is 12.1 Å². The Morgan fingerprint density at radius 3 is 2.42 bits per heavy atom. The minimum absolute atomic E-state index is 0.238. The summed E-state index contributed by atoms with van der Waals surface area (Å²) < 4.78 is 11.6. The number of allylic oxidation sites excluding steroid dienone is 1. The molecule has 5 heteroatoms. The Labute approximate surface area is 239 Å². The summed E-state index contributed by atoms with van der Waals surface area (Å²) in [6.45, 7) is 10.6. The molecule has 4 rings (SSSR count). The summed E-state index contributed by atoms with van der Waals surface area (Å²) in [7, 11) is 0. The van der Waals surface area contributed by atoms with Crippen molar-refractivity contribution < 1.29 is 19.4 Å². The Bertz CT molecular complexity index is 1290. The molecule has 214 valence electrons. The van der Waals surface area contributed by atoms with E-state index in [4.69, 9.17) is 9.47 Å². The highest BCUT2D eigenvalue weighted by molar-refractivity contribution is 5.99. The standard InChI is InChI=1S/C35H45NO4/c1-4-6-23-40-35(38)26(3)31(5-2)33-18-13-28-25-29(37)14-19-32(28)34(33)17-12-27-10-15-30(16-11-27)39-24-22-36-20-8-7-9-21-36/h10-11,13-16,18-19,25,37H,4-9,12,17,20-24H2,1-3H3/b31-26+. The number of esters is 1. The molecule has 40 heavy (non-hydrogen) atoms. The molecular weight excluding hydrogens is 498 g/mol. The van der Waals surface area contributed by atoms with E-state index in [-0.39, 0.29) is 11.7 Å². The summed E-state index contributed by atoms with van der Waals surface area (Å²) in [5.41, 5.74) is 5.20. The molecule has 1 aliphatic rings. The second kappa shape index (κ2) is 14.9. The predicted molar refractivity (Wildman–Crippen MR) is 164 cm³/mol. The van der Waals surface area contributed by atoms with Crippen LogP contribution in [0.4, 0.5) is 0 Å².